The quantitative estimate of drug-likeness (QED) is 0.680. The molecule has 28 heavy (non-hydrogen) atoms. The number of furan rings is 1. The number of nitrogens with one attached hydrogen (secondary N) is 2. The number of carbonyl (C=O) groups excluding carboxylic acids is 2. The van der Waals surface area contributed by atoms with Gasteiger partial charge in [0.15, 0.2) is 5.76 Å². The zero-order valence-electron chi connectivity index (χ0n) is 15.9. The van der Waals surface area contributed by atoms with Crippen molar-refractivity contribution in [2.75, 3.05) is 19.5 Å². The van der Waals surface area contributed by atoms with Crippen molar-refractivity contribution in [1.29, 1.82) is 0 Å². The molecule has 0 fully saturated rings. The summed E-state index contributed by atoms with van der Waals surface area (Å²) in [7, 11) is 3.06. The zero-order valence-corrected chi connectivity index (χ0v) is 15.9. The highest BCUT2D eigenvalue weighted by Crippen LogP contribution is 2.32. The second-order valence-corrected chi connectivity index (χ2v) is 6.26. The third-order valence-electron chi connectivity index (χ3n) is 4.49. The summed E-state index contributed by atoms with van der Waals surface area (Å²) in [4.78, 5) is 23.8. The van der Waals surface area contributed by atoms with Crippen molar-refractivity contribution in [2.45, 2.75) is 26.2 Å². The molecule has 1 heterocycles. The molecule has 0 bridgehead atoms. The minimum atomic E-state index is -0.746. The molecule has 4 N–H and O–H groups in total. The lowest BCUT2D eigenvalue weighted by atomic mass is 9.93. The van der Waals surface area contributed by atoms with Gasteiger partial charge in [0, 0.05) is 23.6 Å². The summed E-state index contributed by atoms with van der Waals surface area (Å²) >= 11 is 0. The number of nitrogens with two attached hydrogens (primary N) is 1. The molecular formula is C19H22N4O5. The van der Waals surface area contributed by atoms with Gasteiger partial charge in [-0.25, -0.2) is 10.2 Å². The zero-order chi connectivity index (χ0) is 20.3. The van der Waals surface area contributed by atoms with Crippen LogP contribution in [0.2, 0.25) is 0 Å². The van der Waals surface area contributed by atoms with Crippen LogP contribution >= 0.6 is 0 Å². The summed E-state index contributed by atoms with van der Waals surface area (Å²) in [5.74, 6) is 1.51. The number of aryl methyl sites for hydroxylation is 1. The Kier molecular flexibility index (Phi) is 5.53. The number of hydrogen-bond acceptors (Lipinski definition) is 6. The Hall–Kier alpha value is -3.49. The van der Waals surface area contributed by atoms with Crippen molar-refractivity contribution in [3.05, 3.63) is 40.8 Å². The number of rotatable bonds is 5. The van der Waals surface area contributed by atoms with Crippen LogP contribution in [0.25, 0.3) is 0 Å². The molecule has 3 rings (SSSR count). The van der Waals surface area contributed by atoms with Crippen molar-refractivity contribution in [3.8, 4) is 11.5 Å². The van der Waals surface area contributed by atoms with Crippen LogP contribution in [0, 0.1) is 6.92 Å². The first-order valence-corrected chi connectivity index (χ1v) is 8.72. The van der Waals surface area contributed by atoms with Crippen molar-refractivity contribution in [2.24, 2.45) is 10.8 Å². The molecule has 1 aromatic carbocycles. The molecule has 148 valence electrons. The summed E-state index contributed by atoms with van der Waals surface area (Å²) in [6.07, 6.45) is 2.13. The van der Waals surface area contributed by atoms with Crippen molar-refractivity contribution in [3.63, 3.8) is 0 Å². The molecule has 9 heteroatoms. The summed E-state index contributed by atoms with van der Waals surface area (Å²) < 4.78 is 16.3. The van der Waals surface area contributed by atoms with E-state index in [4.69, 9.17) is 19.6 Å². The van der Waals surface area contributed by atoms with E-state index in [1.54, 1.807) is 32.2 Å². The van der Waals surface area contributed by atoms with E-state index < -0.39 is 11.9 Å². The lowest BCUT2D eigenvalue weighted by Gasteiger charge is -2.13. The monoisotopic (exact) mass is 386 g/mol. The van der Waals surface area contributed by atoms with E-state index in [1.807, 2.05) is 0 Å². The molecule has 0 saturated carbocycles. The minimum Gasteiger partial charge on any atom is -0.497 e. The van der Waals surface area contributed by atoms with Crippen molar-refractivity contribution < 1.29 is 23.5 Å². The van der Waals surface area contributed by atoms with Crippen LogP contribution < -0.4 is 25.9 Å². The highest BCUT2D eigenvalue weighted by atomic mass is 16.5. The van der Waals surface area contributed by atoms with Crippen LogP contribution in [0.3, 0.4) is 0 Å². The molecule has 3 amide bonds. The molecule has 1 aromatic heterocycles. The van der Waals surface area contributed by atoms with E-state index in [0.717, 1.165) is 12.0 Å². The number of anilines is 1. The Bertz CT molecular complexity index is 948. The maximum atomic E-state index is 12.9. The number of nitrogens with zero attached hydrogens (tertiary/aromatic N) is 1. The highest BCUT2D eigenvalue weighted by molar-refractivity contribution is 6.09. The van der Waals surface area contributed by atoms with Crippen LogP contribution in [0.5, 0.6) is 11.5 Å². The molecule has 2 aromatic rings. The van der Waals surface area contributed by atoms with Crippen LogP contribution in [0.15, 0.2) is 27.7 Å². The SMILES string of the molecule is COc1ccc(OC)c(NC(=O)c2oc3c(c2C)/C(=N/NC(N)=O)CCC3)c1. The lowest BCUT2D eigenvalue weighted by molar-refractivity contribution is 0.0993. The molecule has 0 aliphatic heterocycles. The number of ether oxygens (including phenoxy) is 2. The standard InChI is InChI=1S/C19H22N4O5/c1-10-16-12(22-23-19(20)25)5-4-6-15(16)28-17(10)18(24)21-13-9-11(26-2)7-8-14(13)27-3/h7-9H,4-6H2,1-3H3,(H,21,24)(H3,20,23,25)/b22-12+. The average molecular weight is 386 g/mol. The van der Waals surface area contributed by atoms with E-state index in [2.05, 4.69) is 15.8 Å². The summed E-state index contributed by atoms with van der Waals surface area (Å²) in [5.41, 5.74) is 9.83. The maximum Gasteiger partial charge on any atom is 0.332 e. The molecule has 0 unspecified atom stereocenters. The first-order chi connectivity index (χ1) is 13.4. The summed E-state index contributed by atoms with van der Waals surface area (Å²) in [6.45, 7) is 1.78. The number of carbonyl (C=O) groups is 2. The fraction of sp³-hybridized carbons (Fsp3) is 0.316. The average Bonchev–Trinajstić information content (AvgIpc) is 3.03. The Morgan fingerprint density at radius 1 is 1.21 bits per heavy atom. The van der Waals surface area contributed by atoms with Gasteiger partial charge in [0.1, 0.15) is 17.3 Å². The highest BCUT2D eigenvalue weighted by Gasteiger charge is 2.28. The first kappa shape index (κ1) is 19.3. The van der Waals surface area contributed by atoms with E-state index >= 15 is 0 Å². The molecule has 0 radical (unpaired) electrons. The molecule has 9 nitrogen and oxygen atoms in total. The Morgan fingerprint density at radius 2 is 2.00 bits per heavy atom. The van der Waals surface area contributed by atoms with Gasteiger partial charge in [-0.1, -0.05) is 0 Å². The lowest BCUT2D eigenvalue weighted by Crippen LogP contribution is -2.27. The molecule has 0 atom stereocenters. The third kappa shape index (κ3) is 3.78. The predicted molar refractivity (Wildman–Crippen MR) is 103 cm³/mol. The largest absolute Gasteiger partial charge is 0.497 e. The number of hydrogen-bond donors (Lipinski definition) is 3. The van der Waals surface area contributed by atoms with Gasteiger partial charge in [-0.3, -0.25) is 4.79 Å². The fourth-order valence-corrected chi connectivity index (χ4v) is 3.21. The number of methoxy groups -OCH3 is 2. The van der Waals surface area contributed by atoms with Gasteiger partial charge in [-0.15, -0.1) is 0 Å². The van der Waals surface area contributed by atoms with E-state index in [0.29, 0.717) is 47.1 Å². The topological polar surface area (TPSA) is 128 Å². The normalized spacial score (nSPS) is 14.3. The van der Waals surface area contributed by atoms with Crippen molar-refractivity contribution >= 4 is 23.3 Å². The van der Waals surface area contributed by atoms with E-state index in [1.165, 1.54) is 7.11 Å². The number of urea groups is 1. The number of hydrazone groups is 1. The predicted octanol–water partition coefficient (Wildman–Crippen LogP) is 2.57. The Morgan fingerprint density at radius 3 is 2.68 bits per heavy atom. The third-order valence-corrected chi connectivity index (χ3v) is 4.49. The second kappa shape index (κ2) is 8.03. The Labute approximate surface area is 161 Å². The summed E-state index contributed by atoms with van der Waals surface area (Å²) in [6, 6.07) is 4.36. The van der Waals surface area contributed by atoms with Crippen LogP contribution in [0.1, 0.15) is 40.3 Å². The first-order valence-electron chi connectivity index (χ1n) is 8.72. The van der Waals surface area contributed by atoms with Crippen LogP contribution in [-0.2, 0) is 6.42 Å². The van der Waals surface area contributed by atoms with Gasteiger partial charge in [-0.2, -0.15) is 5.10 Å². The van der Waals surface area contributed by atoms with Gasteiger partial charge in [0.2, 0.25) is 0 Å². The van der Waals surface area contributed by atoms with Gasteiger partial charge >= 0.3 is 6.03 Å². The fourth-order valence-electron chi connectivity index (χ4n) is 3.21. The molecule has 1 aliphatic rings. The van der Waals surface area contributed by atoms with Crippen molar-refractivity contribution in [1.82, 2.24) is 5.43 Å². The van der Waals surface area contributed by atoms with Gasteiger partial charge in [0.25, 0.3) is 5.91 Å². The van der Waals surface area contributed by atoms with E-state index in [-0.39, 0.29) is 5.76 Å². The van der Waals surface area contributed by atoms with Crippen LogP contribution in [-0.4, -0.2) is 31.9 Å². The number of benzene rings is 1. The number of primary amides is 1. The molecule has 0 saturated heterocycles. The summed E-state index contributed by atoms with van der Waals surface area (Å²) in [5, 5.41) is 6.86. The molecular weight excluding hydrogens is 364 g/mol. The minimum absolute atomic E-state index is 0.184. The number of fused-ring (bicyclic) bond motifs is 1. The van der Waals surface area contributed by atoms with E-state index in [9.17, 15) is 9.59 Å². The number of amides is 3. The maximum absolute atomic E-state index is 12.9. The Balaban J connectivity index is 1.92. The smallest absolute Gasteiger partial charge is 0.332 e. The van der Waals surface area contributed by atoms with Gasteiger partial charge in [-0.05, 0) is 31.9 Å². The molecule has 0 spiro atoms. The second-order valence-electron chi connectivity index (χ2n) is 6.26. The van der Waals surface area contributed by atoms with Crippen LogP contribution in [0.4, 0.5) is 10.5 Å². The van der Waals surface area contributed by atoms with Gasteiger partial charge in [0.05, 0.1) is 25.6 Å². The molecule has 1 aliphatic carbocycles. The van der Waals surface area contributed by atoms with Gasteiger partial charge < -0.3 is 24.9 Å².